The Labute approximate surface area is 187 Å². The van der Waals surface area contributed by atoms with Crippen molar-refractivity contribution in [2.24, 2.45) is 11.8 Å². The second kappa shape index (κ2) is 9.47. The Hall–Kier alpha value is -3.28. The highest BCUT2D eigenvalue weighted by Gasteiger charge is 2.30. The highest BCUT2D eigenvalue weighted by molar-refractivity contribution is 5.95. The van der Waals surface area contributed by atoms with Crippen molar-refractivity contribution in [1.29, 1.82) is 0 Å². The van der Waals surface area contributed by atoms with Gasteiger partial charge in [-0.3, -0.25) is 9.78 Å². The lowest BCUT2D eigenvalue weighted by Gasteiger charge is -2.32. The van der Waals surface area contributed by atoms with Crippen molar-refractivity contribution < 1.29 is 18.7 Å². The number of rotatable bonds is 5. The summed E-state index contributed by atoms with van der Waals surface area (Å²) in [7, 11) is 1.33. The molecule has 0 radical (unpaired) electrons. The Balaban J connectivity index is 1.40. The number of pyridine rings is 1. The van der Waals surface area contributed by atoms with Crippen molar-refractivity contribution in [3.63, 3.8) is 0 Å². The second-order valence-corrected chi connectivity index (χ2v) is 8.52. The van der Waals surface area contributed by atoms with Crippen LogP contribution in [0, 0.1) is 17.7 Å². The zero-order valence-electron chi connectivity index (χ0n) is 18.3. The van der Waals surface area contributed by atoms with Gasteiger partial charge in [0, 0.05) is 23.2 Å². The summed E-state index contributed by atoms with van der Waals surface area (Å²) in [6.07, 6.45) is 5.56. The van der Waals surface area contributed by atoms with Crippen LogP contribution in [0.25, 0.3) is 10.9 Å². The summed E-state index contributed by atoms with van der Waals surface area (Å²) in [5, 5.41) is 3.82. The maximum absolute atomic E-state index is 13.8. The first kappa shape index (κ1) is 21.9. The van der Waals surface area contributed by atoms with Crippen LogP contribution in [0.5, 0.6) is 0 Å². The van der Waals surface area contributed by atoms with Gasteiger partial charge in [-0.2, -0.15) is 0 Å². The van der Waals surface area contributed by atoms with Crippen LogP contribution in [0.1, 0.15) is 54.4 Å². The molecule has 166 valence electrons. The van der Waals surface area contributed by atoms with Gasteiger partial charge in [-0.25, -0.2) is 9.18 Å². The minimum absolute atomic E-state index is 0.0492. The topological polar surface area (TPSA) is 68.3 Å². The smallest absolute Gasteiger partial charge is 0.337 e. The van der Waals surface area contributed by atoms with Crippen molar-refractivity contribution >= 4 is 28.5 Å². The standard InChI is InChI=1S/C26H27FN2O3/c1-16(25(30)29-21-5-3-4-19(14-21)26(31)32-2)17-6-8-18(9-7-17)22-12-13-28-24-11-10-20(27)15-23(22)24/h3-5,10-18H,6-9H2,1-2H3,(H,29,30)/t16-,17?,18?/m1/s1. The van der Waals surface area contributed by atoms with E-state index >= 15 is 0 Å². The second-order valence-electron chi connectivity index (χ2n) is 8.52. The Bertz CT molecular complexity index is 1140. The Kier molecular flexibility index (Phi) is 6.49. The molecular formula is C26H27FN2O3. The fourth-order valence-electron chi connectivity index (χ4n) is 4.74. The van der Waals surface area contributed by atoms with Crippen LogP contribution in [0.2, 0.25) is 0 Å². The third-order valence-corrected chi connectivity index (χ3v) is 6.62. The largest absolute Gasteiger partial charge is 0.465 e. The van der Waals surface area contributed by atoms with Gasteiger partial charge < -0.3 is 10.1 Å². The molecule has 32 heavy (non-hydrogen) atoms. The molecule has 0 aliphatic heterocycles. The average Bonchev–Trinajstić information content (AvgIpc) is 2.83. The van der Waals surface area contributed by atoms with Crippen LogP contribution in [0.3, 0.4) is 0 Å². The summed E-state index contributed by atoms with van der Waals surface area (Å²) >= 11 is 0. The van der Waals surface area contributed by atoms with Gasteiger partial charge in [0.1, 0.15) is 5.82 Å². The highest BCUT2D eigenvalue weighted by Crippen LogP contribution is 2.41. The first-order chi connectivity index (χ1) is 15.5. The molecule has 4 rings (SSSR count). The summed E-state index contributed by atoms with van der Waals surface area (Å²) in [4.78, 5) is 28.9. The van der Waals surface area contributed by atoms with Gasteiger partial charge in [0.05, 0.1) is 18.2 Å². The maximum Gasteiger partial charge on any atom is 0.337 e. The number of fused-ring (bicyclic) bond motifs is 1. The van der Waals surface area contributed by atoms with Crippen molar-refractivity contribution in [3.05, 3.63) is 71.7 Å². The predicted octanol–water partition coefficient (Wildman–Crippen LogP) is 5.71. The number of benzene rings is 2. The Morgan fingerprint density at radius 1 is 1.09 bits per heavy atom. The summed E-state index contributed by atoms with van der Waals surface area (Å²) in [5.74, 6) is -0.264. The molecule has 1 N–H and O–H groups in total. The lowest BCUT2D eigenvalue weighted by atomic mass is 9.73. The number of halogens is 1. The average molecular weight is 435 g/mol. The van der Waals surface area contributed by atoms with Crippen LogP contribution in [0.15, 0.2) is 54.7 Å². The Morgan fingerprint density at radius 2 is 1.88 bits per heavy atom. The molecule has 1 aliphatic rings. The van der Waals surface area contributed by atoms with Crippen molar-refractivity contribution in [1.82, 2.24) is 4.98 Å². The van der Waals surface area contributed by atoms with Gasteiger partial charge >= 0.3 is 5.97 Å². The summed E-state index contributed by atoms with van der Waals surface area (Å²) in [6, 6.07) is 13.5. The monoisotopic (exact) mass is 434 g/mol. The molecule has 1 aromatic heterocycles. The molecule has 6 heteroatoms. The number of esters is 1. The van der Waals surface area contributed by atoms with E-state index < -0.39 is 5.97 Å². The fraction of sp³-hybridized carbons (Fsp3) is 0.346. The molecule has 1 atom stereocenters. The normalized spacial score (nSPS) is 19.3. The van der Waals surface area contributed by atoms with E-state index in [1.807, 2.05) is 13.0 Å². The molecule has 0 saturated heterocycles. The van der Waals surface area contributed by atoms with E-state index in [9.17, 15) is 14.0 Å². The lowest BCUT2D eigenvalue weighted by Crippen LogP contribution is -2.29. The fourth-order valence-corrected chi connectivity index (χ4v) is 4.74. The number of aromatic nitrogens is 1. The predicted molar refractivity (Wildman–Crippen MR) is 122 cm³/mol. The number of nitrogens with zero attached hydrogens (tertiary/aromatic N) is 1. The lowest BCUT2D eigenvalue weighted by molar-refractivity contribution is -0.121. The van der Waals surface area contributed by atoms with Crippen molar-refractivity contribution in [3.8, 4) is 0 Å². The minimum Gasteiger partial charge on any atom is -0.465 e. The number of carbonyl (C=O) groups is 2. The molecule has 2 aromatic carbocycles. The van der Waals surface area contributed by atoms with E-state index in [2.05, 4.69) is 10.3 Å². The van der Waals surface area contributed by atoms with Gasteiger partial charge in [-0.15, -0.1) is 0 Å². The molecule has 1 heterocycles. The summed E-state index contributed by atoms with van der Waals surface area (Å²) in [5.41, 5.74) is 2.95. The van der Waals surface area contributed by atoms with Crippen LogP contribution in [-0.4, -0.2) is 24.0 Å². The summed E-state index contributed by atoms with van der Waals surface area (Å²) < 4.78 is 18.6. The first-order valence-corrected chi connectivity index (χ1v) is 11.0. The number of ether oxygens (including phenoxy) is 1. The van der Waals surface area contributed by atoms with Gasteiger partial charge in [0.2, 0.25) is 5.91 Å². The molecule has 1 saturated carbocycles. The van der Waals surface area contributed by atoms with Crippen molar-refractivity contribution in [2.45, 2.75) is 38.5 Å². The molecule has 1 fully saturated rings. The zero-order chi connectivity index (χ0) is 22.7. The molecule has 1 aliphatic carbocycles. The molecule has 3 aromatic rings. The number of amides is 1. The highest BCUT2D eigenvalue weighted by atomic mass is 19.1. The van der Waals surface area contributed by atoms with Crippen LogP contribution in [-0.2, 0) is 9.53 Å². The number of nitrogens with one attached hydrogen (secondary N) is 1. The van der Waals surface area contributed by atoms with E-state index in [0.717, 1.165) is 42.1 Å². The van der Waals surface area contributed by atoms with Crippen LogP contribution in [0.4, 0.5) is 10.1 Å². The molecular weight excluding hydrogens is 407 g/mol. The summed E-state index contributed by atoms with van der Waals surface area (Å²) in [6.45, 7) is 1.96. The van der Waals surface area contributed by atoms with Crippen LogP contribution < -0.4 is 5.32 Å². The van der Waals surface area contributed by atoms with Gasteiger partial charge in [-0.1, -0.05) is 13.0 Å². The molecule has 5 nitrogen and oxygen atoms in total. The third kappa shape index (κ3) is 4.64. The molecule has 0 unspecified atom stereocenters. The number of hydrogen-bond donors (Lipinski definition) is 1. The third-order valence-electron chi connectivity index (χ3n) is 6.62. The quantitative estimate of drug-likeness (QED) is 0.522. The van der Waals surface area contributed by atoms with Gasteiger partial charge in [0.15, 0.2) is 0 Å². The number of anilines is 1. The van der Waals surface area contributed by atoms with Gasteiger partial charge in [-0.05, 0) is 85.5 Å². The number of carbonyl (C=O) groups excluding carboxylic acids is 2. The van der Waals surface area contributed by atoms with Gasteiger partial charge in [0.25, 0.3) is 0 Å². The first-order valence-electron chi connectivity index (χ1n) is 11.0. The van der Waals surface area contributed by atoms with E-state index in [-0.39, 0.29) is 23.6 Å². The number of methoxy groups -OCH3 is 1. The molecule has 0 bridgehead atoms. The van der Waals surface area contributed by atoms with E-state index in [1.165, 1.54) is 13.2 Å². The molecule has 1 amide bonds. The zero-order valence-corrected chi connectivity index (χ0v) is 18.3. The van der Waals surface area contributed by atoms with E-state index in [4.69, 9.17) is 4.74 Å². The van der Waals surface area contributed by atoms with E-state index in [1.54, 1.807) is 42.6 Å². The SMILES string of the molecule is COC(=O)c1cccc(NC(=O)[C@H](C)C2CCC(c3ccnc4ccc(F)cc34)CC2)c1. The molecule has 0 spiro atoms. The number of hydrogen-bond acceptors (Lipinski definition) is 4. The Morgan fingerprint density at radius 3 is 2.62 bits per heavy atom. The minimum atomic E-state index is -0.434. The van der Waals surface area contributed by atoms with Crippen molar-refractivity contribution in [2.75, 3.05) is 12.4 Å². The van der Waals surface area contributed by atoms with Crippen LogP contribution >= 0.6 is 0 Å². The maximum atomic E-state index is 13.8. The van der Waals surface area contributed by atoms with E-state index in [0.29, 0.717) is 17.2 Å².